The SMILES string of the molecule is CC(C)CN(C(=O)Nc1ccc(F)c(Cl)c1)C(C)c1c[nH]c(=O)c2cc(F)c(F)cc12. The highest BCUT2D eigenvalue weighted by molar-refractivity contribution is 6.31. The third kappa shape index (κ3) is 4.85. The molecule has 0 aliphatic rings. The van der Waals surface area contributed by atoms with E-state index in [1.165, 1.54) is 23.2 Å². The van der Waals surface area contributed by atoms with Gasteiger partial charge in [-0.3, -0.25) is 4.79 Å². The van der Waals surface area contributed by atoms with Crippen LogP contribution in [0.4, 0.5) is 23.7 Å². The largest absolute Gasteiger partial charge is 0.328 e. The highest BCUT2D eigenvalue weighted by atomic mass is 35.5. The second-order valence-electron chi connectivity index (χ2n) is 7.67. The van der Waals surface area contributed by atoms with E-state index in [1.807, 2.05) is 13.8 Å². The maximum atomic E-state index is 13.9. The number of rotatable bonds is 5. The smallest absolute Gasteiger partial charge is 0.322 e. The van der Waals surface area contributed by atoms with Crippen molar-refractivity contribution < 1.29 is 18.0 Å². The minimum atomic E-state index is -1.13. The van der Waals surface area contributed by atoms with Crippen molar-refractivity contribution in [3.8, 4) is 0 Å². The molecule has 2 aromatic carbocycles. The van der Waals surface area contributed by atoms with Crippen molar-refractivity contribution >= 4 is 34.1 Å². The van der Waals surface area contributed by atoms with Crippen LogP contribution in [0.5, 0.6) is 0 Å². The number of amides is 2. The quantitative estimate of drug-likeness (QED) is 0.511. The van der Waals surface area contributed by atoms with Crippen molar-refractivity contribution in [2.45, 2.75) is 26.8 Å². The zero-order valence-corrected chi connectivity index (χ0v) is 17.9. The molecule has 1 unspecified atom stereocenters. The average Bonchev–Trinajstić information content (AvgIpc) is 2.70. The molecule has 9 heteroatoms. The number of halogens is 4. The third-order valence-corrected chi connectivity index (χ3v) is 5.18. The Kier molecular flexibility index (Phi) is 6.59. The molecule has 3 aromatic rings. The van der Waals surface area contributed by atoms with Crippen LogP contribution in [0.2, 0.25) is 5.02 Å². The number of pyridine rings is 1. The van der Waals surface area contributed by atoms with Gasteiger partial charge in [-0.05, 0) is 54.1 Å². The van der Waals surface area contributed by atoms with Crippen molar-refractivity contribution in [1.29, 1.82) is 0 Å². The molecule has 0 bridgehead atoms. The summed E-state index contributed by atoms with van der Waals surface area (Å²) in [5.41, 5.74) is 0.184. The van der Waals surface area contributed by atoms with Crippen molar-refractivity contribution in [1.82, 2.24) is 9.88 Å². The lowest BCUT2D eigenvalue weighted by Gasteiger charge is -2.31. The maximum Gasteiger partial charge on any atom is 0.322 e. The lowest BCUT2D eigenvalue weighted by molar-refractivity contribution is 0.184. The summed E-state index contributed by atoms with van der Waals surface area (Å²) in [4.78, 5) is 29.2. The van der Waals surface area contributed by atoms with Gasteiger partial charge in [0.1, 0.15) is 5.82 Å². The maximum absolute atomic E-state index is 13.9. The van der Waals surface area contributed by atoms with E-state index in [1.54, 1.807) is 6.92 Å². The van der Waals surface area contributed by atoms with Gasteiger partial charge in [0.15, 0.2) is 11.6 Å². The molecular formula is C22H21ClF3N3O2. The Labute approximate surface area is 181 Å². The zero-order chi connectivity index (χ0) is 22.9. The number of anilines is 1. The van der Waals surface area contributed by atoms with E-state index in [4.69, 9.17) is 11.6 Å². The lowest BCUT2D eigenvalue weighted by Crippen LogP contribution is -2.39. The fourth-order valence-electron chi connectivity index (χ4n) is 3.37. The molecule has 0 saturated carbocycles. The zero-order valence-electron chi connectivity index (χ0n) is 17.1. The van der Waals surface area contributed by atoms with Gasteiger partial charge in [0.25, 0.3) is 5.56 Å². The van der Waals surface area contributed by atoms with Crippen molar-refractivity contribution in [3.63, 3.8) is 0 Å². The van der Waals surface area contributed by atoms with Gasteiger partial charge in [-0.15, -0.1) is 0 Å². The minimum Gasteiger partial charge on any atom is -0.328 e. The predicted molar refractivity (Wildman–Crippen MR) is 115 cm³/mol. The average molecular weight is 452 g/mol. The van der Waals surface area contributed by atoms with E-state index in [0.29, 0.717) is 17.8 Å². The molecule has 1 atom stereocenters. The first-order valence-electron chi connectivity index (χ1n) is 9.61. The number of aromatic amines is 1. The number of carbonyl (C=O) groups excluding carboxylic acids is 1. The van der Waals surface area contributed by atoms with E-state index < -0.39 is 35.1 Å². The topological polar surface area (TPSA) is 65.2 Å². The summed E-state index contributed by atoms with van der Waals surface area (Å²) in [6, 6.07) is 4.50. The van der Waals surface area contributed by atoms with Crippen LogP contribution >= 0.6 is 11.6 Å². The third-order valence-electron chi connectivity index (χ3n) is 4.89. The van der Waals surface area contributed by atoms with E-state index in [2.05, 4.69) is 10.3 Å². The fourth-order valence-corrected chi connectivity index (χ4v) is 3.55. The van der Waals surface area contributed by atoms with Gasteiger partial charge < -0.3 is 15.2 Å². The molecule has 0 saturated heterocycles. The van der Waals surface area contributed by atoms with E-state index in [0.717, 1.165) is 18.2 Å². The second kappa shape index (κ2) is 9.01. The van der Waals surface area contributed by atoms with Crippen LogP contribution in [0, 0.1) is 23.4 Å². The normalized spacial score (nSPS) is 12.3. The lowest BCUT2D eigenvalue weighted by atomic mass is 10.0. The summed E-state index contributed by atoms with van der Waals surface area (Å²) in [6.45, 7) is 5.88. The number of urea groups is 1. The number of carbonyl (C=O) groups is 1. The molecular weight excluding hydrogens is 431 g/mol. The summed E-state index contributed by atoms with van der Waals surface area (Å²) in [5, 5.41) is 2.74. The van der Waals surface area contributed by atoms with Crippen LogP contribution in [0.3, 0.4) is 0 Å². The fraction of sp³-hybridized carbons (Fsp3) is 0.273. The van der Waals surface area contributed by atoms with Crippen molar-refractivity contribution in [2.24, 2.45) is 5.92 Å². The predicted octanol–water partition coefficient (Wildman–Crippen LogP) is 5.85. The van der Waals surface area contributed by atoms with Gasteiger partial charge >= 0.3 is 6.03 Å². The van der Waals surface area contributed by atoms with Crippen LogP contribution in [0.1, 0.15) is 32.4 Å². The Bertz CT molecular complexity index is 1200. The van der Waals surface area contributed by atoms with Gasteiger partial charge in [-0.25, -0.2) is 18.0 Å². The number of hydrogen-bond donors (Lipinski definition) is 2. The van der Waals surface area contributed by atoms with Crippen LogP contribution < -0.4 is 10.9 Å². The summed E-state index contributed by atoms with van der Waals surface area (Å²) < 4.78 is 41.0. The molecule has 0 radical (unpaired) electrons. The van der Waals surface area contributed by atoms with Gasteiger partial charge in [-0.2, -0.15) is 0 Å². The Morgan fingerprint density at radius 3 is 2.32 bits per heavy atom. The second-order valence-corrected chi connectivity index (χ2v) is 8.07. The molecule has 1 heterocycles. The first-order chi connectivity index (χ1) is 14.6. The molecule has 3 rings (SSSR count). The highest BCUT2D eigenvalue weighted by Crippen LogP contribution is 2.29. The van der Waals surface area contributed by atoms with E-state index in [-0.39, 0.29) is 21.7 Å². The highest BCUT2D eigenvalue weighted by Gasteiger charge is 2.25. The summed E-state index contributed by atoms with van der Waals surface area (Å²) >= 11 is 5.79. The molecule has 0 aliphatic heterocycles. The van der Waals surface area contributed by atoms with Crippen LogP contribution in [-0.2, 0) is 0 Å². The van der Waals surface area contributed by atoms with Crippen molar-refractivity contribution in [3.05, 3.63) is 74.9 Å². The molecule has 2 N–H and O–H groups in total. The first kappa shape index (κ1) is 22.7. The Balaban J connectivity index is 2.01. The summed E-state index contributed by atoms with van der Waals surface area (Å²) in [6.07, 6.45) is 1.39. The van der Waals surface area contributed by atoms with Gasteiger partial charge in [-0.1, -0.05) is 25.4 Å². The van der Waals surface area contributed by atoms with Gasteiger partial charge in [0, 0.05) is 18.4 Å². The molecule has 0 aliphatic carbocycles. The van der Waals surface area contributed by atoms with Gasteiger partial charge in [0.05, 0.1) is 16.5 Å². The molecule has 31 heavy (non-hydrogen) atoms. The van der Waals surface area contributed by atoms with Crippen LogP contribution in [-0.4, -0.2) is 22.5 Å². The number of hydrogen-bond acceptors (Lipinski definition) is 2. The monoisotopic (exact) mass is 451 g/mol. The first-order valence-corrected chi connectivity index (χ1v) is 9.99. The summed E-state index contributed by atoms with van der Waals surface area (Å²) in [7, 11) is 0. The number of nitrogens with one attached hydrogen (secondary N) is 2. The standard InChI is InChI=1S/C22H21ClF3N3O2/c1-11(2)10-29(22(31)28-13-4-5-18(24)17(23)6-13)12(3)16-9-27-21(30)15-8-20(26)19(25)7-14(15)16/h4-9,11-12H,10H2,1-3H3,(H,27,30)(H,28,31). The molecule has 1 aromatic heterocycles. The molecule has 0 fully saturated rings. The van der Waals surface area contributed by atoms with E-state index >= 15 is 0 Å². The Morgan fingerprint density at radius 1 is 1.06 bits per heavy atom. The molecule has 5 nitrogen and oxygen atoms in total. The number of H-pyrrole nitrogens is 1. The van der Waals surface area contributed by atoms with E-state index in [9.17, 15) is 22.8 Å². The van der Waals surface area contributed by atoms with Crippen LogP contribution in [0.25, 0.3) is 10.8 Å². The number of fused-ring (bicyclic) bond motifs is 1. The number of nitrogens with zero attached hydrogens (tertiary/aromatic N) is 1. The minimum absolute atomic E-state index is 0.0153. The van der Waals surface area contributed by atoms with Gasteiger partial charge in [0.2, 0.25) is 0 Å². The Morgan fingerprint density at radius 2 is 1.71 bits per heavy atom. The Hall–Kier alpha value is -3.00. The van der Waals surface area contributed by atoms with Crippen molar-refractivity contribution in [2.75, 3.05) is 11.9 Å². The number of aromatic nitrogens is 1. The van der Waals surface area contributed by atoms with Crippen LogP contribution in [0.15, 0.2) is 41.3 Å². The number of benzene rings is 2. The summed E-state index contributed by atoms with van der Waals surface area (Å²) in [5.74, 6) is -2.76. The molecule has 164 valence electrons. The molecule has 2 amide bonds. The molecule has 0 spiro atoms.